The zero-order chi connectivity index (χ0) is 12.3. The molecule has 1 unspecified atom stereocenters. The van der Waals surface area contributed by atoms with Gasteiger partial charge in [-0.3, -0.25) is 9.98 Å². The first-order chi connectivity index (χ1) is 8.20. The van der Waals surface area contributed by atoms with Crippen LogP contribution in [0.5, 0.6) is 0 Å². The Bertz CT molecular complexity index is 469. The Labute approximate surface area is 188 Å². The molecule has 1 aromatic carbocycles. The maximum Gasteiger partial charge on any atom is 0.0718 e. The molecule has 19 heavy (non-hydrogen) atoms. The SMILES string of the molecule is CN=C(C)c1ccccc1N=C1C[CH-]C(C)C1.[Pr].[Yb]. The molecule has 0 saturated heterocycles. The number of para-hydroxylation sites is 1. The third-order valence-electron chi connectivity index (χ3n) is 3.22. The van der Waals surface area contributed by atoms with Crippen LogP contribution in [-0.2, 0) is 0 Å². The fourth-order valence-corrected chi connectivity index (χ4v) is 2.13. The quantitative estimate of drug-likeness (QED) is 0.402. The molecule has 0 spiro atoms. The molecule has 1 atom stereocenters. The maximum absolute atomic E-state index is 4.78. The number of benzene rings is 1. The van der Waals surface area contributed by atoms with Gasteiger partial charge in [0.1, 0.15) is 0 Å². The van der Waals surface area contributed by atoms with Crippen molar-refractivity contribution in [3.63, 3.8) is 0 Å². The van der Waals surface area contributed by atoms with Crippen molar-refractivity contribution < 1.29 is 88.2 Å². The average Bonchev–Trinajstić information content (AvgIpc) is 2.74. The summed E-state index contributed by atoms with van der Waals surface area (Å²) in [6.45, 7) is 4.27. The van der Waals surface area contributed by atoms with Gasteiger partial charge in [-0.05, 0) is 25.1 Å². The Hall–Kier alpha value is 1.44. The van der Waals surface area contributed by atoms with Gasteiger partial charge in [0, 0.05) is 107 Å². The first-order valence-electron chi connectivity index (χ1n) is 6.13. The molecule has 2 rings (SSSR count). The molecule has 4 heteroatoms. The van der Waals surface area contributed by atoms with Gasteiger partial charge in [-0.25, -0.2) is 0 Å². The molecule has 0 aromatic heterocycles. The van der Waals surface area contributed by atoms with E-state index in [1.54, 1.807) is 0 Å². The number of hydrogen-bond donors (Lipinski definition) is 0. The molecule has 1 aliphatic rings. The van der Waals surface area contributed by atoms with Gasteiger partial charge < -0.3 is 6.42 Å². The molecule has 0 amide bonds. The van der Waals surface area contributed by atoms with E-state index in [0.717, 1.165) is 29.8 Å². The fourth-order valence-electron chi connectivity index (χ4n) is 2.13. The number of aliphatic imine (C=N–C) groups is 2. The Kier molecular flexibility index (Phi) is 11.0. The molecule has 1 aliphatic carbocycles. The summed E-state index contributed by atoms with van der Waals surface area (Å²) in [5.41, 5.74) is 4.52. The van der Waals surface area contributed by atoms with Crippen LogP contribution in [-0.4, -0.2) is 18.5 Å². The van der Waals surface area contributed by atoms with E-state index in [9.17, 15) is 0 Å². The van der Waals surface area contributed by atoms with Gasteiger partial charge >= 0.3 is 0 Å². The van der Waals surface area contributed by atoms with Gasteiger partial charge in [-0.1, -0.05) is 25.1 Å². The van der Waals surface area contributed by atoms with Crippen LogP contribution < -0.4 is 0 Å². The maximum atomic E-state index is 4.78. The first kappa shape index (κ1) is 20.4. The van der Waals surface area contributed by atoms with Crippen LogP contribution >= 0.6 is 0 Å². The Morgan fingerprint density at radius 3 is 2.58 bits per heavy atom. The van der Waals surface area contributed by atoms with Crippen molar-refractivity contribution >= 4 is 17.1 Å². The van der Waals surface area contributed by atoms with Crippen LogP contribution in [0.1, 0.15) is 32.3 Å². The summed E-state index contributed by atoms with van der Waals surface area (Å²) >= 11 is 0. The third kappa shape index (κ3) is 5.98. The number of rotatable bonds is 2. The van der Waals surface area contributed by atoms with E-state index >= 15 is 0 Å². The molecule has 1 saturated carbocycles. The molecular formula is C15H19N2PrYb-. The van der Waals surface area contributed by atoms with Crippen LogP contribution in [0.4, 0.5) is 5.69 Å². The van der Waals surface area contributed by atoms with Crippen molar-refractivity contribution in [2.24, 2.45) is 15.9 Å². The minimum Gasteiger partial charge on any atom is -0.320 e. The Morgan fingerprint density at radius 1 is 1.32 bits per heavy atom. The Balaban J connectivity index is 0.00000162. The van der Waals surface area contributed by atoms with Gasteiger partial charge in [-0.2, -0.15) is 5.92 Å². The predicted molar refractivity (Wildman–Crippen MR) is 74.4 cm³/mol. The van der Waals surface area contributed by atoms with E-state index in [2.05, 4.69) is 30.5 Å². The van der Waals surface area contributed by atoms with E-state index < -0.39 is 0 Å². The smallest absolute Gasteiger partial charge is 0.0718 e. The molecule has 0 bridgehead atoms. The fraction of sp³-hybridized carbons (Fsp3) is 0.400. The van der Waals surface area contributed by atoms with Crippen molar-refractivity contribution in [3.05, 3.63) is 36.2 Å². The molecule has 0 N–H and O–H groups in total. The molecule has 1 radical (unpaired) electrons. The summed E-state index contributed by atoms with van der Waals surface area (Å²) in [7, 11) is 1.82. The van der Waals surface area contributed by atoms with Crippen molar-refractivity contribution in [3.8, 4) is 0 Å². The van der Waals surface area contributed by atoms with E-state index in [-0.39, 0.29) is 88.2 Å². The summed E-state index contributed by atoms with van der Waals surface area (Å²) in [6, 6.07) is 8.23. The minimum absolute atomic E-state index is 0. The van der Waals surface area contributed by atoms with E-state index in [4.69, 9.17) is 4.99 Å². The van der Waals surface area contributed by atoms with Gasteiger partial charge in [0.15, 0.2) is 0 Å². The first-order valence-corrected chi connectivity index (χ1v) is 6.13. The zero-order valence-corrected chi connectivity index (χ0v) is 17.0. The standard InChI is InChI=1S/C15H19N2.Pr.Yb/c1-11-8-9-13(10-11)17-15-7-5-4-6-14(15)12(2)16-3;;/h4-8,11H,9-10H2,1-3H3;;/q-1;;. The van der Waals surface area contributed by atoms with Crippen LogP contribution in [0.25, 0.3) is 0 Å². The molecule has 0 heterocycles. The number of hydrogen-bond acceptors (Lipinski definition) is 2. The zero-order valence-electron chi connectivity index (χ0n) is 11.6. The Morgan fingerprint density at radius 2 is 2.00 bits per heavy atom. The third-order valence-corrected chi connectivity index (χ3v) is 3.22. The molecule has 107 valence electrons. The van der Waals surface area contributed by atoms with Crippen molar-refractivity contribution in [1.29, 1.82) is 0 Å². The summed E-state index contributed by atoms with van der Waals surface area (Å²) in [5, 5.41) is 0. The molecular weight excluding hydrogens is 522 g/mol. The van der Waals surface area contributed by atoms with Crippen LogP contribution in [0, 0.1) is 101 Å². The monoisotopic (exact) mass is 542 g/mol. The van der Waals surface area contributed by atoms with E-state index in [1.165, 1.54) is 5.71 Å². The van der Waals surface area contributed by atoms with Crippen LogP contribution in [0.2, 0.25) is 0 Å². The summed E-state index contributed by atoms with van der Waals surface area (Å²) < 4.78 is 0. The van der Waals surface area contributed by atoms with Crippen LogP contribution in [0.3, 0.4) is 0 Å². The second-order valence-corrected chi connectivity index (χ2v) is 4.63. The van der Waals surface area contributed by atoms with Gasteiger partial charge in [0.2, 0.25) is 0 Å². The van der Waals surface area contributed by atoms with Crippen LogP contribution in [0.15, 0.2) is 34.3 Å². The number of nitrogens with zero attached hydrogens (tertiary/aromatic N) is 2. The molecule has 0 aliphatic heterocycles. The van der Waals surface area contributed by atoms with E-state index in [1.807, 2.05) is 26.1 Å². The largest absolute Gasteiger partial charge is 0.320 e. The molecule has 2 nitrogen and oxygen atoms in total. The summed E-state index contributed by atoms with van der Waals surface area (Å²) in [6.07, 6.45) is 4.46. The molecule has 1 aromatic rings. The predicted octanol–water partition coefficient (Wildman–Crippen LogP) is 3.83. The van der Waals surface area contributed by atoms with Gasteiger partial charge in [-0.15, -0.1) is 6.42 Å². The van der Waals surface area contributed by atoms with Gasteiger partial charge in [0.25, 0.3) is 0 Å². The van der Waals surface area contributed by atoms with E-state index in [0.29, 0.717) is 5.92 Å². The van der Waals surface area contributed by atoms with Gasteiger partial charge in [0.05, 0.1) is 5.69 Å². The summed E-state index contributed by atoms with van der Waals surface area (Å²) in [5.74, 6) is 0.668. The van der Waals surface area contributed by atoms with Crippen molar-refractivity contribution in [1.82, 2.24) is 0 Å². The minimum atomic E-state index is 0. The summed E-state index contributed by atoms with van der Waals surface area (Å²) in [4.78, 5) is 9.03. The second kappa shape index (κ2) is 10.2. The average molecular weight is 541 g/mol. The van der Waals surface area contributed by atoms with Crippen molar-refractivity contribution in [2.75, 3.05) is 7.05 Å². The molecule has 1 fully saturated rings. The second-order valence-electron chi connectivity index (χ2n) is 4.63. The topological polar surface area (TPSA) is 24.7 Å². The normalized spacial score (nSPS) is 20.9. The van der Waals surface area contributed by atoms with Crippen molar-refractivity contribution in [2.45, 2.75) is 26.7 Å².